The number of carbonyl (C=O) groups is 3. The Morgan fingerprint density at radius 3 is 2.79 bits per heavy atom. The highest BCUT2D eigenvalue weighted by molar-refractivity contribution is 6.02. The molecule has 2 rings (SSSR count). The topological polar surface area (TPSA) is 107 Å². The van der Waals surface area contributed by atoms with Crippen molar-refractivity contribution >= 4 is 29.0 Å². The van der Waals surface area contributed by atoms with Gasteiger partial charge < -0.3 is 14.3 Å². The molecule has 98 valence electrons. The second-order valence-electron chi connectivity index (χ2n) is 3.75. The number of esters is 2. The minimum Gasteiger partial charge on any atom is -0.481 e. The van der Waals surface area contributed by atoms with Gasteiger partial charge in [-0.15, -0.1) is 0 Å². The van der Waals surface area contributed by atoms with E-state index in [1.807, 2.05) is 0 Å². The fourth-order valence-electron chi connectivity index (χ4n) is 1.49. The smallest absolute Gasteiger partial charge is 0.345 e. The lowest BCUT2D eigenvalue weighted by Gasteiger charge is -2.00. The minimum absolute atomic E-state index is 0.0855. The third-order valence-corrected chi connectivity index (χ3v) is 2.23. The summed E-state index contributed by atoms with van der Waals surface area (Å²) in [5.74, 6) is -2.96. The Balaban J connectivity index is 2.17. The number of aliphatic carboxylic acids is 1. The van der Waals surface area contributed by atoms with Crippen molar-refractivity contribution in [3.63, 3.8) is 0 Å². The largest absolute Gasteiger partial charge is 0.481 e. The lowest BCUT2D eigenvalue weighted by Crippen LogP contribution is -2.15. The molecule has 1 N–H and O–H groups in total. The number of nitrogens with zero attached hydrogens (tertiary/aromatic N) is 1. The van der Waals surface area contributed by atoms with Crippen LogP contribution in [0.3, 0.4) is 0 Å². The highest BCUT2D eigenvalue weighted by Crippen LogP contribution is 2.17. The highest BCUT2D eigenvalue weighted by Gasteiger charge is 2.17. The van der Waals surface area contributed by atoms with Gasteiger partial charge in [0.05, 0.1) is 5.56 Å². The maximum atomic E-state index is 11.6. The molecule has 2 aromatic rings. The van der Waals surface area contributed by atoms with E-state index in [0.29, 0.717) is 17.0 Å². The van der Waals surface area contributed by atoms with Gasteiger partial charge in [-0.25, -0.2) is 9.78 Å². The molecular formula is C12H9NO6. The van der Waals surface area contributed by atoms with Crippen LogP contribution in [0.15, 0.2) is 22.6 Å². The number of hydrogen-bond donors (Lipinski definition) is 1. The van der Waals surface area contributed by atoms with Crippen LogP contribution in [0.4, 0.5) is 0 Å². The number of ether oxygens (including phenoxy) is 1. The van der Waals surface area contributed by atoms with E-state index in [0.717, 1.165) is 0 Å². The van der Waals surface area contributed by atoms with Gasteiger partial charge in [-0.2, -0.15) is 0 Å². The van der Waals surface area contributed by atoms with Crippen LogP contribution in [0, 0.1) is 6.92 Å². The maximum Gasteiger partial charge on any atom is 0.345 e. The lowest BCUT2D eigenvalue weighted by atomic mass is 10.2. The molecule has 0 radical (unpaired) electrons. The maximum absolute atomic E-state index is 11.6. The average molecular weight is 263 g/mol. The second kappa shape index (κ2) is 4.89. The number of benzene rings is 1. The fourth-order valence-corrected chi connectivity index (χ4v) is 1.49. The number of carbonyl (C=O) groups excluding carboxylic acids is 2. The minimum atomic E-state index is -1.36. The molecule has 0 bridgehead atoms. The van der Waals surface area contributed by atoms with E-state index in [9.17, 15) is 14.4 Å². The Hall–Kier alpha value is -2.70. The van der Waals surface area contributed by atoms with E-state index in [1.54, 1.807) is 13.0 Å². The van der Waals surface area contributed by atoms with Gasteiger partial charge in [-0.1, -0.05) is 0 Å². The molecule has 0 unspecified atom stereocenters. The Labute approximate surface area is 106 Å². The monoisotopic (exact) mass is 263 g/mol. The van der Waals surface area contributed by atoms with Gasteiger partial charge >= 0.3 is 17.9 Å². The Morgan fingerprint density at radius 2 is 2.11 bits per heavy atom. The number of carboxylic acid groups (broad SMARTS) is 1. The molecule has 0 saturated carbocycles. The summed E-state index contributed by atoms with van der Waals surface area (Å²) in [5.41, 5.74) is 1.05. The van der Waals surface area contributed by atoms with E-state index in [-0.39, 0.29) is 5.56 Å². The van der Waals surface area contributed by atoms with Crippen molar-refractivity contribution in [1.82, 2.24) is 4.98 Å². The summed E-state index contributed by atoms with van der Waals surface area (Å²) < 4.78 is 9.61. The number of aromatic nitrogens is 1. The van der Waals surface area contributed by atoms with E-state index >= 15 is 0 Å². The van der Waals surface area contributed by atoms with Crippen molar-refractivity contribution in [3.8, 4) is 0 Å². The van der Waals surface area contributed by atoms with Gasteiger partial charge in [0.1, 0.15) is 11.9 Å². The SMILES string of the molecule is Cc1nc2ccc(C(=O)OC(=O)CC(=O)O)cc2o1. The molecular weight excluding hydrogens is 254 g/mol. The molecule has 0 aliphatic carbocycles. The molecule has 0 saturated heterocycles. The van der Waals surface area contributed by atoms with Gasteiger partial charge in [0.25, 0.3) is 0 Å². The van der Waals surface area contributed by atoms with Crippen molar-refractivity contribution in [3.05, 3.63) is 29.7 Å². The van der Waals surface area contributed by atoms with Crippen molar-refractivity contribution in [2.45, 2.75) is 13.3 Å². The van der Waals surface area contributed by atoms with Crippen LogP contribution in [0.2, 0.25) is 0 Å². The van der Waals surface area contributed by atoms with Crippen LogP contribution in [-0.4, -0.2) is 28.0 Å². The Bertz CT molecular complexity index is 672. The molecule has 1 heterocycles. The zero-order valence-electron chi connectivity index (χ0n) is 9.87. The third kappa shape index (κ3) is 2.95. The fraction of sp³-hybridized carbons (Fsp3) is 0.167. The summed E-state index contributed by atoms with van der Waals surface area (Å²) in [6.07, 6.45) is -0.866. The van der Waals surface area contributed by atoms with Gasteiger partial charge in [-0.05, 0) is 18.2 Å². The molecule has 0 spiro atoms. The van der Waals surface area contributed by atoms with Crippen LogP contribution < -0.4 is 0 Å². The summed E-state index contributed by atoms with van der Waals surface area (Å²) in [7, 11) is 0. The number of carboxylic acids is 1. The second-order valence-corrected chi connectivity index (χ2v) is 3.75. The number of rotatable bonds is 3. The van der Waals surface area contributed by atoms with Gasteiger partial charge in [-0.3, -0.25) is 9.59 Å². The standard InChI is InChI=1S/C12H9NO6/c1-6-13-8-3-2-7(4-9(8)18-6)12(17)19-11(16)5-10(14)15/h2-4H,5H2,1H3,(H,14,15). The first-order valence-corrected chi connectivity index (χ1v) is 5.29. The molecule has 19 heavy (non-hydrogen) atoms. The van der Waals surface area contributed by atoms with Crippen molar-refractivity contribution < 1.29 is 28.6 Å². The number of aryl methyl sites for hydroxylation is 1. The van der Waals surface area contributed by atoms with Crippen LogP contribution in [-0.2, 0) is 14.3 Å². The van der Waals surface area contributed by atoms with Crippen molar-refractivity contribution in [2.75, 3.05) is 0 Å². The first-order chi connectivity index (χ1) is 8.95. The van der Waals surface area contributed by atoms with E-state index in [4.69, 9.17) is 9.52 Å². The predicted octanol–water partition coefficient (Wildman–Crippen LogP) is 1.29. The molecule has 0 atom stereocenters. The number of fused-ring (bicyclic) bond motifs is 1. The molecule has 7 heteroatoms. The van der Waals surface area contributed by atoms with E-state index < -0.39 is 24.3 Å². The summed E-state index contributed by atoms with van der Waals surface area (Å²) in [4.78, 5) is 37.0. The highest BCUT2D eigenvalue weighted by atomic mass is 16.6. The van der Waals surface area contributed by atoms with Crippen molar-refractivity contribution in [2.24, 2.45) is 0 Å². The molecule has 0 aliphatic heterocycles. The first-order valence-electron chi connectivity index (χ1n) is 5.29. The van der Waals surface area contributed by atoms with E-state index in [1.165, 1.54) is 12.1 Å². The normalized spacial score (nSPS) is 10.4. The van der Waals surface area contributed by atoms with Gasteiger partial charge in [0.2, 0.25) is 0 Å². The van der Waals surface area contributed by atoms with Crippen LogP contribution in [0.25, 0.3) is 11.1 Å². The van der Waals surface area contributed by atoms with Crippen LogP contribution in [0.1, 0.15) is 22.7 Å². The first kappa shape index (κ1) is 12.7. The number of oxazole rings is 1. The molecule has 0 fully saturated rings. The van der Waals surface area contributed by atoms with Gasteiger partial charge in [0, 0.05) is 6.92 Å². The molecule has 1 aromatic carbocycles. The summed E-state index contributed by atoms with van der Waals surface area (Å²) in [6.45, 7) is 1.66. The molecule has 0 amide bonds. The predicted molar refractivity (Wildman–Crippen MR) is 61.4 cm³/mol. The Kier molecular flexibility index (Phi) is 3.28. The zero-order valence-corrected chi connectivity index (χ0v) is 9.87. The average Bonchev–Trinajstić information content (AvgIpc) is 2.66. The van der Waals surface area contributed by atoms with Crippen LogP contribution in [0.5, 0.6) is 0 Å². The lowest BCUT2D eigenvalue weighted by molar-refractivity contribution is -0.147. The quantitative estimate of drug-likeness (QED) is 0.656. The summed E-state index contributed by atoms with van der Waals surface area (Å²) in [6, 6.07) is 4.34. The van der Waals surface area contributed by atoms with E-state index in [2.05, 4.69) is 9.72 Å². The molecule has 1 aromatic heterocycles. The third-order valence-electron chi connectivity index (χ3n) is 2.23. The number of hydrogen-bond acceptors (Lipinski definition) is 6. The van der Waals surface area contributed by atoms with Gasteiger partial charge in [0.15, 0.2) is 11.5 Å². The Morgan fingerprint density at radius 1 is 1.37 bits per heavy atom. The van der Waals surface area contributed by atoms with Crippen molar-refractivity contribution in [1.29, 1.82) is 0 Å². The molecule has 7 nitrogen and oxygen atoms in total. The molecule has 0 aliphatic rings. The summed E-state index contributed by atoms with van der Waals surface area (Å²) >= 11 is 0. The zero-order chi connectivity index (χ0) is 14.0. The van der Waals surface area contributed by atoms with Crippen LogP contribution >= 0.6 is 0 Å². The summed E-state index contributed by atoms with van der Waals surface area (Å²) in [5, 5.41) is 8.38.